The fraction of sp³-hybridized carbons (Fsp3) is 0.333. The second-order valence-electron chi connectivity index (χ2n) is 9.38. The molecule has 0 saturated heterocycles. The van der Waals surface area contributed by atoms with Crippen molar-refractivity contribution in [3.05, 3.63) is 114 Å². The quantitative estimate of drug-likeness (QED) is 0.142. The third kappa shape index (κ3) is 7.86. The van der Waals surface area contributed by atoms with Crippen LogP contribution in [0, 0.1) is 0 Å². The Kier molecular flexibility index (Phi) is 10.8. The highest BCUT2D eigenvalue weighted by molar-refractivity contribution is 5.83. The monoisotopic (exact) mass is 482 g/mol. The number of ether oxygens (including phenoxy) is 1. The lowest BCUT2D eigenvalue weighted by Crippen LogP contribution is -2.27. The molecule has 0 radical (unpaired) electrons. The van der Waals surface area contributed by atoms with Gasteiger partial charge in [0.05, 0.1) is 5.70 Å². The molecule has 0 saturated carbocycles. The summed E-state index contributed by atoms with van der Waals surface area (Å²) in [5.74, 6) is 1.57. The van der Waals surface area contributed by atoms with Gasteiger partial charge in [-0.1, -0.05) is 93.2 Å². The first-order valence-electron chi connectivity index (χ1n) is 13.3. The van der Waals surface area contributed by atoms with Crippen molar-refractivity contribution in [1.29, 1.82) is 0 Å². The molecule has 0 spiro atoms. The summed E-state index contributed by atoms with van der Waals surface area (Å²) >= 11 is 0. The van der Waals surface area contributed by atoms with E-state index in [-0.39, 0.29) is 0 Å². The van der Waals surface area contributed by atoms with Crippen molar-refractivity contribution in [3.63, 3.8) is 0 Å². The van der Waals surface area contributed by atoms with Gasteiger partial charge >= 0.3 is 0 Å². The zero-order valence-electron chi connectivity index (χ0n) is 22.5. The summed E-state index contributed by atoms with van der Waals surface area (Å²) in [4.78, 5) is 2.49. The molecule has 0 aliphatic heterocycles. The Bertz CT molecular complexity index is 1170. The van der Waals surface area contributed by atoms with Crippen LogP contribution in [0.15, 0.2) is 102 Å². The maximum absolute atomic E-state index is 6.51. The Balaban J connectivity index is 1.90. The molecule has 0 unspecified atom stereocenters. The number of allylic oxidation sites excluding steroid dienone is 2. The molecule has 1 N–H and O–H groups in total. The fourth-order valence-corrected chi connectivity index (χ4v) is 4.35. The van der Waals surface area contributed by atoms with Crippen molar-refractivity contribution in [2.75, 3.05) is 19.6 Å². The molecule has 0 aliphatic rings. The van der Waals surface area contributed by atoms with Gasteiger partial charge in [0, 0.05) is 18.7 Å². The molecule has 0 aromatic heterocycles. The van der Waals surface area contributed by atoms with Gasteiger partial charge in [-0.3, -0.25) is 0 Å². The van der Waals surface area contributed by atoms with Crippen molar-refractivity contribution in [1.82, 2.24) is 10.2 Å². The van der Waals surface area contributed by atoms with Crippen molar-refractivity contribution >= 4 is 16.5 Å². The minimum Gasteiger partial charge on any atom is -0.455 e. The molecule has 36 heavy (non-hydrogen) atoms. The molecule has 3 rings (SSSR count). The molecule has 0 fully saturated rings. The summed E-state index contributed by atoms with van der Waals surface area (Å²) in [5, 5.41) is 6.00. The number of nitrogens with zero attached hydrogens (tertiary/aromatic N) is 1. The highest BCUT2D eigenvalue weighted by atomic mass is 16.5. The summed E-state index contributed by atoms with van der Waals surface area (Å²) in [7, 11) is 0. The van der Waals surface area contributed by atoms with Gasteiger partial charge in [-0.15, -0.1) is 0 Å². The van der Waals surface area contributed by atoms with Gasteiger partial charge in [0.1, 0.15) is 11.5 Å². The first-order valence-corrected chi connectivity index (χ1v) is 13.3. The van der Waals surface area contributed by atoms with Crippen LogP contribution in [0.25, 0.3) is 16.5 Å². The van der Waals surface area contributed by atoms with Gasteiger partial charge in [-0.2, -0.15) is 0 Å². The van der Waals surface area contributed by atoms with E-state index in [2.05, 4.69) is 93.0 Å². The number of hydrogen-bond acceptors (Lipinski definition) is 3. The van der Waals surface area contributed by atoms with Crippen LogP contribution in [0.2, 0.25) is 0 Å². The molecule has 190 valence electrons. The van der Waals surface area contributed by atoms with Crippen molar-refractivity contribution in [2.24, 2.45) is 0 Å². The van der Waals surface area contributed by atoms with E-state index >= 15 is 0 Å². The Morgan fingerprint density at radius 2 is 1.64 bits per heavy atom. The SMILES string of the molecule is C=C(OC(=C(C)C)/C(=C\CC)N(CCCCNCC)Cc1ccc2ccccc2c1)c1ccccc1. The summed E-state index contributed by atoms with van der Waals surface area (Å²) in [6, 6.07) is 25.5. The second-order valence-corrected chi connectivity index (χ2v) is 9.38. The summed E-state index contributed by atoms with van der Waals surface area (Å²) < 4.78 is 6.51. The molecule has 0 heterocycles. The highest BCUT2D eigenvalue weighted by Gasteiger charge is 2.19. The first kappa shape index (κ1) is 27.3. The summed E-state index contributed by atoms with van der Waals surface area (Å²) in [6.07, 6.45) is 5.48. The van der Waals surface area contributed by atoms with E-state index in [4.69, 9.17) is 4.74 Å². The molecule has 3 aromatic rings. The lowest BCUT2D eigenvalue weighted by Gasteiger charge is -2.30. The first-order chi connectivity index (χ1) is 17.5. The predicted octanol–water partition coefficient (Wildman–Crippen LogP) is 8.31. The topological polar surface area (TPSA) is 24.5 Å². The maximum Gasteiger partial charge on any atom is 0.149 e. The number of nitrogens with one attached hydrogen (secondary N) is 1. The largest absolute Gasteiger partial charge is 0.455 e. The average molecular weight is 483 g/mol. The van der Waals surface area contributed by atoms with Crippen molar-refractivity contribution < 1.29 is 4.74 Å². The zero-order chi connectivity index (χ0) is 25.8. The molecular weight excluding hydrogens is 440 g/mol. The van der Waals surface area contributed by atoms with Crippen LogP contribution >= 0.6 is 0 Å². The molecule has 0 bridgehead atoms. The molecule has 3 nitrogen and oxygen atoms in total. The number of benzene rings is 3. The smallest absolute Gasteiger partial charge is 0.149 e. The van der Waals surface area contributed by atoms with Gasteiger partial charge in [0.2, 0.25) is 0 Å². The van der Waals surface area contributed by atoms with E-state index in [0.717, 1.165) is 68.0 Å². The van der Waals surface area contributed by atoms with E-state index < -0.39 is 0 Å². The molecular formula is C33H42N2O. The van der Waals surface area contributed by atoms with E-state index in [1.807, 2.05) is 30.3 Å². The average Bonchev–Trinajstić information content (AvgIpc) is 2.90. The maximum atomic E-state index is 6.51. The fourth-order valence-electron chi connectivity index (χ4n) is 4.35. The highest BCUT2D eigenvalue weighted by Crippen LogP contribution is 2.29. The van der Waals surface area contributed by atoms with Crippen molar-refractivity contribution in [2.45, 2.75) is 53.5 Å². The third-order valence-corrected chi connectivity index (χ3v) is 6.21. The van der Waals surface area contributed by atoms with Crippen LogP contribution in [-0.4, -0.2) is 24.5 Å². The lowest BCUT2D eigenvalue weighted by atomic mass is 10.1. The number of rotatable bonds is 14. The van der Waals surface area contributed by atoms with Gasteiger partial charge in [-0.25, -0.2) is 0 Å². The molecule has 3 heteroatoms. The summed E-state index contributed by atoms with van der Waals surface area (Å²) in [5.41, 5.74) is 4.59. The zero-order valence-corrected chi connectivity index (χ0v) is 22.5. The minimum atomic E-state index is 0.673. The van der Waals surface area contributed by atoms with Crippen LogP contribution in [-0.2, 0) is 11.3 Å². The van der Waals surface area contributed by atoms with Gasteiger partial charge in [0.25, 0.3) is 0 Å². The van der Waals surface area contributed by atoms with Crippen LogP contribution in [0.5, 0.6) is 0 Å². The standard InChI is InChI=1S/C33H42N2O/c1-6-15-32(33(26(3)4)36-27(5)29-16-9-8-10-17-29)35(23-14-13-22-34-7-2)25-28-20-21-30-18-11-12-19-31(30)24-28/h8-12,15-21,24,34H,5-7,13-14,22-23,25H2,1-4H3/b32-15+. The Morgan fingerprint density at radius 1 is 0.917 bits per heavy atom. The number of fused-ring (bicyclic) bond motifs is 1. The summed E-state index contributed by atoms with van der Waals surface area (Å²) in [6.45, 7) is 16.7. The van der Waals surface area contributed by atoms with Gasteiger partial charge < -0.3 is 15.0 Å². The van der Waals surface area contributed by atoms with E-state index in [1.165, 1.54) is 16.3 Å². The number of unbranched alkanes of at least 4 members (excludes halogenated alkanes) is 1. The molecule has 3 aromatic carbocycles. The van der Waals surface area contributed by atoms with Crippen LogP contribution in [0.1, 0.15) is 58.1 Å². The Labute approximate surface area is 218 Å². The van der Waals surface area contributed by atoms with Gasteiger partial charge in [-0.05, 0) is 74.2 Å². The second kappa shape index (κ2) is 14.3. The van der Waals surface area contributed by atoms with Gasteiger partial charge in [0.15, 0.2) is 0 Å². The molecule has 0 aliphatic carbocycles. The molecule has 0 amide bonds. The van der Waals surface area contributed by atoms with Crippen LogP contribution in [0.4, 0.5) is 0 Å². The van der Waals surface area contributed by atoms with E-state index in [0.29, 0.717) is 5.76 Å². The Morgan fingerprint density at radius 3 is 2.33 bits per heavy atom. The van der Waals surface area contributed by atoms with Crippen molar-refractivity contribution in [3.8, 4) is 0 Å². The van der Waals surface area contributed by atoms with E-state index in [1.54, 1.807) is 0 Å². The third-order valence-electron chi connectivity index (χ3n) is 6.21. The normalized spacial score (nSPS) is 11.4. The number of hydrogen-bond donors (Lipinski definition) is 1. The Hall–Kier alpha value is -3.30. The van der Waals surface area contributed by atoms with Crippen LogP contribution in [0.3, 0.4) is 0 Å². The minimum absolute atomic E-state index is 0.673. The lowest BCUT2D eigenvalue weighted by molar-refractivity contribution is 0.284. The predicted molar refractivity (Wildman–Crippen MR) is 155 cm³/mol. The molecule has 0 atom stereocenters. The van der Waals surface area contributed by atoms with Crippen LogP contribution < -0.4 is 5.32 Å². The van der Waals surface area contributed by atoms with E-state index in [9.17, 15) is 0 Å².